The second-order valence-corrected chi connectivity index (χ2v) is 7.96. The van der Waals surface area contributed by atoms with Gasteiger partial charge in [-0.05, 0) is 31.2 Å². The Hall–Kier alpha value is -1.89. The van der Waals surface area contributed by atoms with Crippen LogP contribution in [-0.4, -0.2) is 46.8 Å². The molecule has 3 rings (SSSR count). The number of hydrogen-bond acceptors (Lipinski definition) is 4. The highest BCUT2D eigenvalue weighted by atomic mass is 32.1. The molecule has 1 spiro atoms. The predicted octanol–water partition coefficient (Wildman–Crippen LogP) is 2.91. The summed E-state index contributed by atoms with van der Waals surface area (Å²) in [6.07, 6.45) is 4.59. The zero-order valence-electron chi connectivity index (χ0n) is 14.8. The van der Waals surface area contributed by atoms with E-state index >= 15 is 0 Å². The van der Waals surface area contributed by atoms with Gasteiger partial charge in [-0.25, -0.2) is 4.79 Å². The van der Waals surface area contributed by atoms with Crippen LogP contribution in [0.3, 0.4) is 0 Å². The molecule has 1 aromatic heterocycles. The first-order valence-corrected chi connectivity index (χ1v) is 9.76. The molecule has 0 aromatic carbocycles. The fourth-order valence-electron chi connectivity index (χ4n) is 3.69. The van der Waals surface area contributed by atoms with Crippen LogP contribution < -0.4 is 5.32 Å². The molecule has 4 amide bonds. The lowest BCUT2D eigenvalue weighted by atomic mass is 9.82. The lowest BCUT2D eigenvalue weighted by molar-refractivity contribution is -0.134. The van der Waals surface area contributed by atoms with Crippen LogP contribution in [0.15, 0.2) is 17.5 Å². The predicted molar refractivity (Wildman–Crippen MR) is 96.2 cm³/mol. The Balaban J connectivity index is 1.58. The molecule has 1 aromatic rings. The minimum Gasteiger partial charge on any atom is -0.338 e. The zero-order valence-corrected chi connectivity index (χ0v) is 15.6. The molecule has 2 fully saturated rings. The van der Waals surface area contributed by atoms with Crippen molar-refractivity contribution in [1.82, 2.24) is 15.1 Å². The highest BCUT2D eigenvalue weighted by Gasteiger charge is 2.51. The Morgan fingerprint density at radius 3 is 2.72 bits per heavy atom. The average Bonchev–Trinajstić information content (AvgIpc) is 3.21. The van der Waals surface area contributed by atoms with Crippen LogP contribution in [0, 0.1) is 0 Å². The highest BCUT2D eigenvalue weighted by molar-refractivity contribution is 7.10. The number of nitrogens with zero attached hydrogens (tertiary/aromatic N) is 2. The van der Waals surface area contributed by atoms with Gasteiger partial charge in [-0.3, -0.25) is 14.5 Å². The summed E-state index contributed by atoms with van der Waals surface area (Å²) in [5.74, 6) is -0.218. The van der Waals surface area contributed by atoms with Gasteiger partial charge in [-0.15, -0.1) is 11.3 Å². The number of rotatable bonds is 5. The molecule has 2 heterocycles. The van der Waals surface area contributed by atoms with Crippen LogP contribution in [0.25, 0.3) is 0 Å². The van der Waals surface area contributed by atoms with Crippen molar-refractivity contribution in [3.05, 3.63) is 22.4 Å². The molecule has 2 aliphatic rings. The van der Waals surface area contributed by atoms with Crippen LogP contribution in [0.5, 0.6) is 0 Å². The van der Waals surface area contributed by atoms with Crippen molar-refractivity contribution in [1.29, 1.82) is 0 Å². The standard InChI is InChI=1S/C18H25N3O3S/c1-13(14-7-6-12-25-14)20(2)15(22)8-11-21-16(23)18(19-17(21)24)9-4-3-5-10-18/h6-7,12-13H,3-5,8-11H2,1-2H3,(H,19,24)/t13-/m0/s1. The number of hydrogen-bond donors (Lipinski definition) is 1. The van der Waals surface area contributed by atoms with Crippen molar-refractivity contribution in [2.45, 2.75) is 57.0 Å². The summed E-state index contributed by atoms with van der Waals surface area (Å²) in [5.41, 5.74) is -0.714. The Morgan fingerprint density at radius 2 is 2.08 bits per heavy atom. The van der Waals surface area contributed by atoms with Gasteiger partial charge < -0.3 is 10.2 Å². The summed E-state index contributed by atoms with van der Waals surface area (Å²) < 4.78 is 0. The topological polar surface area (TPSA) is 69.7 Å². The Kier molecular flexibility index (Phi) is 5.13. The number of nitrogens with one attached hydrogen (secondary N) is 1. The maximum Gasteiger partial charge on any atom is 0.325 e. The molecule has 1 saturated heterocycles. The normalized spacial score (nSPS) is 20.6. The average molecular weight is 363 g/mol. The van der Waals surface area contributed by atoms with E-state index in [1.54, 1.807) is 23.3 Å². The maximum absolute atomic E-state index is 12.7. The number of amides is 4. The van der Waals surface area contributed by atoms with E-state index in [1.165, 1.54) is 4.90 Å². The quantitative estimate of drug-likeness (QED) is 0.818. The van der Waals surface area contributed by atoms with E-state index in [4.69, 9.17) is 0 Å². The lowest BCUT2D eigenvalue weighted by Gasteiger charge is -2.30. The smallest absolute Gasteiger partial charge is 0.325 e. The van der Waals surface area contributed by atoms with Gasteiger partial charge in [0.1, 0.15) is 5.54 Å². The van der Waals surface area contributed by atoms with Crippen molar-refractivity contribution in [3.63, 3.8) is 0 Å². The maximum atomic E-state index is 12.7. The third kappa shape index (κ3) is 3.42. The van der Waals surface area contributed by atoms with Crippen molar-refractivity contribution >= 4 is 29.2 Å². The summed E-state index contributed by atoms with van der Waals surface area (Å²) in [7, 11) is 1.77. The number of carbonyl (C=O) groups excluding carboxylic acids is 3. The van der Waals surface area contributed by atoms with Crippen molar-refractivity contribution < 1.29 is 14.4 Å². The molecule has 0 unspecified atom stereocenters. The van der Waals surface area contributed by atoms with Crippen LogP contribution in [0.1, 0.15) is 56.4 Å². The molecule has 25 heavy (non-hydrogen) atoms. The molecule has 1 saturated carbocycles. The summed E-state index contributed by atoms with van der Waals surface area (Å²) in [4.78, 5) is 41.5. The second kappa shape index (κ2) is 7.15. The first-order chi connectivity index (χ1) is 11.9. The van der Waals surface area contributed by atoms with Gasteiger partial charge in [0.2, 0.25) is 5.91 Å². The van der Waals surface area contributed by atoms with E-state index in [0.29, 0.717) is 12.8 Å². The molecule has 136 valence electrons. The van der Waals surface area contributed by atoms with Crippen LogP contribution in [-0.2, 0) is 9.59 Å². The summed E-state index contributed by atoms with van der Waals surface area (Å²) >= 11 is 1.61. The van der Waals surface area contributed by atoms with Gasteiger partial charge in [0, 0.05) is 24.9 Å². The van der Waals surface area contributed by atoms with Gasteiger partial charge in [0.25, 0.3) is 5.91 Å². The summed E-state index contributed by atoms with van der Waals surface area (Å²) in [6, 6.07) is 3.60. The molecule has 1 atom stereocenters. The molecule has 1 aliphatic carbocycles. The SMILES string of the molecule is C[C@@H](c1cccs1)N(C)C(=O)CCN1C(=O)NC2(CCCCC2)C1=O. The third-order valence-electron chi connectivity index (χ3n) is 5.43. The Morgan fingerprint density at radius 1 is 1.36 bits per heavy atom. The van der Waals surface area contributed by atoms with Crippen LogP contribution in [0.4, 0.5) is 4.79 Å². The fraction of sp³-hybridized carbons (Fsp3) is 0.611. The number of carbonyl (C=O) groups is 3. The second-order valence-electron chi connectivity index (χ2n) is 6.98. The lowest BCUT2D eigenvalue weighted by Crippen LogP contribution is -2.48. The molecule has 6 nitrogen and oxygen atoms in total. The molecule has 1 N–H and O–H groups in total. The van der Waals surface area contributed by atoms with Crippen molar-refractivity contribution in [2.24, 2.45) is 0 Å². The third-order valence-corrected chi connectivity index (χ3v) is 6.47. The van der Waals surface area contributed by atoms with Gasteiger partial charge in [-0.1, -0.05) is 25.3 Å². The van der Waals surface area contributed by atoms with E-state index in [-0.39, 0.29) is 36.9 Å². The summed E-state index contributed by atoms with van der Waals surface area (Å²) in [6.45, 7) is 2.13. The molecular formula is C18H25N3O3S. The van der Waals surface area contributed by atoms with Crippen molar-refractivity contribution in [3.8, 4) is 0 Å². The minimum atomic E-state index is -0.714. The monoisotopic (exact) mass is 363 g/mol. The molecule has 7 heteroatoms. The largest absolute Gasteiger partial charge is 0.338 e. The van der Waals surface area contributed by atoms with Gasteiger partial charge in [0.15, 0.2) is 0 Å². The van der Waals surface area contributed by atoms with Gasteiger partial charge in [-0.2, -0.15) is 0 Å². The summed E-state index contributed by atoms with van der Waals surface area (Å²) in [5, 5.41) is 4.87. The van der Waals surface area contributed by atoms with E-state index in [0.717, 1.165) is 24.1 Å². The first-order valence-electron chi connectivity index (χ1n) is 8.88. The minimum absolute atomic E-state index is 0.0136. The molecule has 0 bridgehead atoms. The first kappa shape index (κ1) is 17.9. The molecule has 1 aliphatic heterocycles. The number of imide groups is 1. The fourth-order valence-corrected chi connectivity index (χ4v) is 4.52. The van der Waals surface area contributed by atoms with E-state index < -0.39 is 5.54 Å². The van der Waals surface area contributed by atoms with Gasteiger partial charge in [0.05, 0.1) is 6.04 Å². The highest BCUT2D eigenvalue weighted by Crippen LogP contribution is 2.33. The van der Waals surface area contributed by atoms with Gasteiger partial charge >= 0.3 is 6.03 Å². The molecular weight excluding hydrogens is 338 g/mol. The van der Waals surface area contributed by atoms with E-state index in [2.05, 4.69) is 5.32 Å². The number of urea groups is 1. The van der Waals surface area contributed by atoms with E-state index in [9.17, 15) is 14.4 Å². The number of thiophene rings is 1. The van der Waals surface area contributed by atoms with Crippen LogP contribution >= 0.6 is 11.3 Å². The zero-order chi connectivity index (χ0) is 18.0. The van der Waals surface area contributed by atoms with E-state index in [1.807, 2.05) is 24.4 Å². The Labute approximate surface area is 152 Å². The molecule has 0 radical (unpaired) electrons. The van der Waals surface area contributed by atoms with Crippen LogP contribution in [0.2, 0.25) is 0 Å². The Bertz CT molecular complexity index is 653. The van der Waals surface area contributed by atoms with Crippen molar-refractivity contribution in [2.75, 3.05) is 13.6 Å².